The first-order valence-electron chi connectivity index (χ1n) is 7.97. The van der Waals surface area contributed by atoms with Crippen molar-refractivity contribution in [1.82, 2.24) is 9.97 Å². The highest BCUT2D eigenvalue weighted by atomic mass is 35.5. The molecule has 0 aliphatic heterocycles. The molecule has 4 nitrogen and oxygen atoms in total. The van der Waals surface area contributed by atoms with Crippen LogP contribution in [0.25, 0.3) is 11.3 Å². The zero-order valence-electron chi connectivity index (χ0n) is 14.0. The predicted octanol–water partition coefficient (Wildman–Crippen LogP) is 4.50. The Bertz CT molecular complexity index is 913. The molecule has 1 aromatic heterocycles. The minimum Gasteiger partial charge on any atom is -0.368 e. The minimum atomic E-state index is -0.858. The Kier molecular flexibility index (Phi) is 5.44. The highest BCUT2D eigenvalue weighted by Gasteiger charge is 2.16. The smallest absolute Gasteiger partial charge is 0.130 e. The maximum atomic E-state index is 13.8. The van der Waals surface area contributed by atoms with Crippen molar-refractivity contribution < 1.29 is 8.78 Å². The third-order valence-electron chi connectivity index (χ3n) is 4.01. The summed E-state index contributed by atoms with van der Waals surface area (Å²) < 4.78 is 27.6. The van der Waals surface area contributed by atoms with Crippen LogP contribution in [0.15, 0.2) is 48.8 Å². The third kappa shape index (κ3) is 3.98. The number of halogens is 3. The average molecular weight is 375 g/mol. The quantitative estimate of drug-likeness (QED) is 0.690. The van der Waals surface area contributed by atoms with Crippen LogP contribution in [0, 0.1) is 18.6 Å². The first-order valence-corrected chi connectivity index (χ1v) is 8.35. The molecule has 0 aliphatic carbocycles. The molecule has 0 spiro atoms. The van der Waals surface area contributed by atoms with E-state index in [1.165, 1.54) is 24.5 Å². The van der Waals surface area contributed by atoms with Gasteiger partial charge in [-0.2, -0.15) is 0 Å². The van der Waals surface area contributed by atoms with Gasteiger partial charge in [-0.05, 0) is 30.7 Å². The van der Waals surface area contributed by atoms with E-state index in [0.29, 0.717) is 16.5 Å². The fraction of sp³-hybridized carbons (Fsp3) is 0.158. The molecule has 134 valence electrons. The van der Waals surface area contributed by atoms with E-state index in [2.05, 4.69) is 15.3 Å². The number of anilines is 1. The lowest BCUT2D eigenvalue weighted by atomic mass is 10.1. The number of hydrogen-bond acceptors (Lipinski definition) is 4. The fourth-order valence-electron chi connectivity index (χ4n) is 2.55. The van der Waals surface area contributed by atoms with Gasteiger partial charge in [0.05, 0.1) is 11.7 Å². The lowest BCUT2D eigenvalue weighted by Gasteiger charge is -2.15. The van der Waals surface area contributed by atoms with Crippen LogP contribution < -0.4 is 11.1 Å². The molecule has 2 aromatic carbocycles. The van der Waals surface area contributed by atoms with E-state index in [9.17, 15) is 8.78 Å². The van der Waals surface area contributed by atoms with Gasteiger partial charge in [0.1, 0.15) is 23.8 Å². The molecule has 3 N–H and O–H groups in total. The molecule has 26 heavy (non-hydrogen) atoms. The zero-order valence-corrected chi connectivity index (χ0v) is 14.8. The summed E-state index contributed by atoms with van der Waals surface area (Å²) in [5.74, 6) is -0.840. The topological polar surface area (TPSA) is 63.8 Å². The van der Waals surface area contributed by atoms with Crippen molar-refractivity contribution in [1.29, 1.82) is 0 Å². The molecule has 0 fully saturated rings. The summed E-state index contributed by atoms with van der Waals surface area (Å²) in [4.78, 5) is 8.35. The van der Waals surface area contributed by atoms with E-state index in [0.717, 1.165) is 11.1 Å². The van der Waals surface area contributed by atoms with Gasteiger partial charge in [-0.1, -0.05) is 29.8 Å². The maximum Gasteiger partial charge on any atom is 0.130 e. The molecule has 7 heteroatoms. The van der Waals surface area contributed by atoms with Crippen molar-refractivity contribution in [3.63, 3.8) is 0 Å². The second-order valence-electron chi connectivity index (χ2n) is 5.88. The molecule has 1 heterocycles. The molecule has 3 aromatic rings. The monoisotopic (exact) mass is 374 g/mol. The molecular weight excluding hydrogens is 358 g/mol. The molecule has 0 saturated heterocycles. The van der Waals surface area contributed by atoms with E-state index in [1.807, 2.05) is 25.1 Å². The molecular formula is C19H17ClF2N4. The van der Waals surface area contributed by atoms with Crippen LogP contribution in [0.1, 0.15) is 17.2 Å². The zero-order chi connectivity index (χ0) is 18.7. The van der Waals surface area contributed by atoms with Gasteiger partial charge in [0.2, 0.25) is 0 Å². The largest absolute Gasteiger partial charge is 0.368 e. The van der Waals surface area contributed by atoms with Crippen molar-refractivity contribution in [2.45, 2.75) is 13.0 Å². The summed E-state index contributed by atoms with van der Waals surface area (Å²) in [6.45, 7) is 2.03. The Balaban J connectivity index is 1.76. The first-order chi connectivity index (χ1) is 12.5. The Morgan fingerprint density at radius 1 is 1.12 bits per heavy atom. The number of hydrogen-bond donors (Lipinski definition) is 2. The lowest BCUT2D eigenvalue weighted by Crippen LogP contribution is -2.23. The van der Waals surface area contributed by atoms with Gasteiger partial charge in [0.15, 0.2) is 0 Å². The van der Waals surface area contributed by atoms with Crippen LogP contribution in [-0.2, 0) is 0 Å². The number of aromatic nitrogens is 2. The van der Waals surface area contributed by atoms with Gasteiger partial charge in [-0.15, -0.1) is 0 Å². The van der Waals surface area contributed by atoms with Gasteiger partial charge in [-0.25, -0.2) is 18.7 Å². The molecule has 0 amide bonds. The maximum absolute atomic E-state index is 13.8. The number of rotatable bonds is 5. The predicted molar refractivity (Wildman–Crippen MR) is 99.0 cm³/mol. The highest BCUT2D eigenvalue weighted by Crippen LogP contribution is 2.25. The van der Waals surface area contributed by atoms with Crippen LogP contribution in [-0.4, -0.2) is 16.5 Å². The second kappa shape index (κ2) is 7.76. The average Bonchev–Trinajstić information content (AvgIpc) is 2.62. The van der Waals surface area contributed by atoms with Gasteiger partial charge < -0.3 is 11.1 Å². The van der Waals surface area contributed by atoms with E-state index in [4.69, 9.17) is 17.3 Å². The van der Waals surface area contributed by atoms with E-state index in [-0.39, 0.29) is 12.1 Å². The number of nitrogens with two attached hydrogens (primary N) is 1. The third-order valence-corrected chi connectivity index (χ3v) is 4.42. The first kappa shape index (κ1) is 18.2. The van der Waals surface area contributed by atoms with Crippen molar-refractivity contribution >= 4 is 17.4 Å². The van der Waals surface area contributed by atoms with Crippen molar-refractivity contribution in [2.24, 2.45) is 5.73 Å². The molecule has 0 aliphatic rings. The number of aryl methyl sites for hydroxylation is 1. The molecule has 0 saturated carbocycles. The molecule has 0 bridgehead atoms. The van der Waals surface area contributed by atoms with Crippen LogP contribution in [0.2, 0.25) is 5.02 Å². The van der Waals surface area contributed by atoms with Crippen LogP contribution in [0.3, 0.4) is 0 Å². The fourth-order valence-corrected chi connectivity index (χ4v) is 2.73. The van der Waals surface area contributed by atoms with Gasteiger partial charge in [-0.3, -0.25) is 0 Å². The van der Waals surface area contributed by atoms with Gasteiger partial charge in [0.25, 0.3) is 0 Å². The van der Waals surface area contributed by atoms with E-state index in [1.54, 1.807) is 6.07 Å². The summed E-state index contributed by atoms with van der Waals surface area (Å²) in [5.41, 5.74) is 8.27. The van der Waals surface area contributed by atoms with E-state index >= 15 is 0 Å². The Labute approximate surface area is 155 Å². The van der Waals surface area contributed by atoms with Crippen molar-refractivity contribution in [2.75, 3.05) is 11.9 Å². The molecule has 0 radical (unpaired) electrons. The summed E-state index contributed by atoms with van der Waals surface area (Å²) in [6, 6.07) is 10.2. The second-order valence-corrected chi connectivity index (χ2v) is 6.28. The molecule has 0 unspecified atom stereocenters. The summed E-state index contributed by atoms with van der Waals surface area (Å²) in [6.07, 6.45) is 1.40. The Morgan fingerprint density at radius 3 is 2.54 bits per heavy atom. The van der Waals surface area contributed by atoms with Gasteiger partial charge >= 0.3 is 0 Å². The Morgan fingerprint density at radius 2 is 1.85 bits per heavy atom. The van der Waals surface area contributed by atoms with E-state index < -0.39 is 17.7 Å². The summed E-state index contributed by atoms with van der Waals surface area (Å²) >= 11 is 6.16. The molecule has 1 atom stereocenters. The van der Waals surface area contributed by atoms with Crippen molar-refractivity contribution in [3.8, 4) is 11.3 Å². The SMILES string of the molecule is Cc1ccc(-c2cc(NC[C@H](N)c3c(F)cccc3F)ncn2)cc1Cl. The van der Waals surface area contributed by atoms with Crippen LogP contribution in [0.4, 0.5) is 14.6 Å². The molecule has 3 rings (SSSR count). The lowest BCUT2D eigenvalue weighted by molar-refractivity contribution is 0.531. The standard InChI is InChI=1S/C19H17ClF2N4/c1-11-5-6-12(7-13(11)20)17-8-18(26-10-25-17)24-9-16(23)19-14(21)3-2-4-15(19)22/h2-8,10,16H,9,23H2,1H3,(H,24,25,26)/t16-/m0/s1. The number of nitrogens with one attached hydrogen (secondary N) is 1. The highest BCUT2D eigenvalue weighted by molar-refractivity contribution is 6.31. The van der Waals surface area contributed by atoms with Crippen LogP contribution in [0.5, 0.6) is 0 Å². The van der Waals surface area contributed by atoms with Gasteiger partial charge in [0, 0.05) is 28.8 Å². The Hall–Kier alpha value is -2.57. The number of nitrogens with zero attached hydrogens (tertiary/aromatic N) is 2. The summed E-state index contributed by atoms with van der Waals surface area (Å²) in [5, 5.41) is 3.64. The van der Waals surface area contributed by atoms with Crippen LogP contribution >= 0.6 is 11.6 Å². The minimum absolute atomic E-state index is 0.114. The summed E-state index contributed by atoms with van der Waals surface area (Å²) in [7, 11) is 0. The number of benzene rings is 2. The normalized spacial score (nSPS) is 12.0. The van der Waals surface area contributed by atoms with Crippen molar-refractivity contribution in [3.05, 3.63) is 76.6 Å².